The van der Waals surface area contributed by atoms with E-state index in [9.17, 15) is 4.79 Å². The van der Waals surface area contributed by atoms with Crippen LogP contribution in [0.1, 0.15) is 37.7 Å². The monoisotopic (exact) mass is 430 g/mol. The number of carbonyl (C=O) groups excluding carboxylic acids is 1. The zero-order chi connectivity index (χ0) is 18.0. The van der Waals surface area contributed by atoms with Gasteiger partial charge in [-0.05, 0) is 44.3 Å². The Hall–Kier alpha value is -0.850. The van der Waals surface area contributed by atoms with E-state index < -0.39 is 0 Å². The number of ether oxygens (including phenoxy) is 2. The van der Waals surface area contributed by atoms with Crippen molar-refractivity contribution in [2.24, 2.45) is 5.41 Å². The lowest BCUT2D eigenvalue weighted by molar-refractivity contribution is -0.150. The second-order valence-corrected chi connectivity index (χ2v) is 8.13. The van der Waals surface area contributed by atoms with E-state index in [1.807, 2.05) is 13.2 Å². The molecule has 28 heavy (non-hydrogen) atoms. The topological polar surface area (TPSA) is 50.8 Å². The maximum Gasteiger partial charge on any atom is 0.312 e. The molecule has 0 saturated carbocycles. The van der Waals surface area contributed by atoms with E-state index in [1.54, 1.807) is 0 Å². The van der Waals surface area contributed by atoms with Crippen LogP contribution in [0.25, 0.3) is 0 Å². The fourth-order valence-corrected chi connectivity index (χ4v) is 4.99. The highest BCUT2D eigenvalue weighted by Crippen LogP contribution is 2.42. The summed E-state index contributed by atoms with van der Waals surface area (Å²) in [5, 5.41) is 3.35. The lowest BCUT2D eigenvalue weighted by atomic mass is 9.76. The summed E-state index contributed by atoms with van der Waals surface area (Å²) in [7, 11) is 1.82. The maximum atomic E-state index is 12.4. The normalized spacial score (nSPS) is 26.2. The summed E-state index contributed by atoms with van der Waals surface area (Å²) < 4.78 is 11.8. The smallest absolute Gasteiger partial charge is 0.312 e. The molecule has 1 aromatic carbocycles. The summed E-state index contributed by atoms with van der Waals surface area (Å²) in [5.74, 6) is 0.0385. The molecule has 1 N–H and O–H groups in total. The minimum Gasteiger partial charge on any atom is -0.461 e. The van der Waals surface area contributed by atoms with Crippen LogP contribution in [0.3, 0.4) is 0 Å². The van der Waals surface area contributed by atoms with Crippen LogP contribution in [0.5, 0.6) is 0 Å². The van der Waals surface area contributed by atoms with Gasteiger partial charge in [0.25, 0.3) is 0 Å². The van der Waals surface area contributed by atoms with E-state index in [0.717, 1.165) is 64.8 Å². The van der Waals surface area contributed by atoms with Crippen molar-refractivity contribution in [3.63, 3.8) is 0 Å². The van der Waals surface area contributed by atoms with Crippen LogP contribution in [0.15, 0.2) is 30.3 Å². The summed E-state index contributed by atoms with van der Waals surface area (Å²) in [6, 6.07) is 10.5. The number of cyclic esters (lactones) is 1. The molecule has 0 aromatic heterocycles. The Labute approximate surface area is 180 Å². The van der Waals surface area contributed by atoms with E-state index in [2.05, 4.69) is 34.5 Å². The Morgan fingerprint density at radius 3 is 2.36 bits per heavy atom. The second-order valence-electron chi connectivity index (χ2n) is 8.13. The number of methoxy groups -OCH3 is 1. The Bertz CT molecular complexity index is 630. The van der Waals surface area contributed by atoms with Crippen LogP contribution in [0.2, 0.25) is 0 Å². The average Bonchev–Trinajstić information content (AvgIpc) is 2.98. The maximum absolute atomic E-state index is 12.4. The van der Waals surface area contributed by atoms with Gasteiger partial charge in [-0.3, -0.25) is 9.69 Å². The van der Waals surface area contributed by atoms with Gasteiger partial charge in [0, 0.05) is 33.2 Å². The minimum absolute atomic E-state index is 0. The SMILES string of the molecule is COC1(c2ccccc2)CCN(CC2CC3(CCNCC3)C(=O)O2)CC1.Cl.Cl. The zero-order valence-corrected chi connectivity index (χ0v) is 18.2. The fraction of sp³-hybridized carbons (Fsp3) is 0.667. The first-order valence-electron chi connectivity index (χ1n) is 9.91. The van der Waals surface area contributed by atoms with Crippen molar-refractivity contribution in [2.45, 2.75) is 43.8 Å². The molecule has 3 fully saturated rings. The van der Waals surface area contributed by atoms with E-state index in [1.165, 1.54) is 5.56 Å². The Morgan fingerprint density at radius 1 is 1.11 bits per heavy atom. The molecule has 0 aliphatic carbocycles. The van der Waals surface area contributed by atoms with Gasteiger partial charge >= 0.3 is 5.97 Å². The first-order chi connectivity index (χ1) is 12.7. The molecule has 3 saturated heterocycles. The predicted octanol–water partition coefficient (Wildman–Crippen LogP) is 3.15. The standard InChI is InChI=1S/C21H30N2O3.2ClH/c1-25-21(17-5-3-2-4-6-17)9-13-23(14-10-21)16-18-15-20(19(24)26-18)7-11-22-12-8-20;;/h2-6,18,22H,7-16H2,1H3;2*1H. The molecule has 7 heteroatoms. The fourth-order valence-electron chi connectivity index (χ4n) is 4.99. The van der Waals surface area contributed by atoms with E-state index in [0.29, 0.717) is 0 Å². The summed E-state index contributed by atoms with van der Waals surface area (Å²) in [5.41, 5.74) is 0.870. The van der Waals surface area contributed by atoms with Gasteiger partial charge in [-0.25, -0.2) is 0 Å². The van der Waals surface area contributed by atoms with Gasteiger partial charge in [0.1, 0.15) is 6.10 Å². The number of rotatable bonds is 4. The van der Waals surface area contributed by atoms with E-state index in [-0.39, 0.29) is 47.9 Å². The van der Waals surface area contributed by atoms with Gasteiger partial charge in [0.05, 0.1) is 11.0 Å². The molecule has 1 aromatic rings. The number of piperidine rings is 2. The van der Waals surface area contributed by atoms with Crippen LogP contribution in [0.4, 0.5) is 0 Å². The number of hydrogen-bond donors (Lipinski definition) is 1. The summed E-state index contributed by atoms with van der Waals surface area (Å²) in [6.45, 7) is 4.67. The quantitative estimate of drug-likeness (QED) is 0.743. The van der Waals surface area contributed by atoms with Crippen molar-refractivity contribution in [2.75, 3.05) is 39.8 Å². The first-order valence-corrected chi connectivity index (χ1v) is 9.91. The van der Waals surface area contributed by atoms with Crippen molar-refractivity contribution in [1.29, 1.82) is 0 Å². The highest BCUT2D eigenvalue weighted by atomic mass is 35.5. The van der Waals surface area contributed by atoms with Gasteiger partial charge in [-0.2, -0.15) is 0 Å². The number of nitrogens with zero attached hydrogens (tertiary/aromatic N) is 1. The number of carbonyl (C=O) groups is 1. The molecule has 1 atom stereocenters. The van der Waals surface area contributed by atoms with Crippen LogP contribution in [-0.2, 0) is 19.9 Å². The van der Waals surface area contributed by atoms with Gasteiger partial charge < -0.3 is 14.8 Å². The molecular formula is C21H32Cl2N2O3. The molecule has 3 aliphatic heterocycles. The van der Waals surface area contributed by atoms with Gasteiger partial charge in [0.15, 0.2) is 0 Å². The van der Waals surface area contributed by atoms with Crippen molar-refractivity contribution in [3.05, 3.63) is 35.9 Å². The molecule has 0 amide bonds. The largest absolute Gasteiger partial charge is 0.461 e. The summed E-state index contributed by atoms with van der Waals surface area (Å²) in [6.07, 6.45) is 4.73. The molecule has 3 aliphatic rings. The lowest BCUT2D eigenvalue weighted by Gasteiger charge is -2.41. The zero-order valence-electron chi connectivity index (χ0n) is 16.5. The number of hydrogen-bond acceptors (Lipinski definition) is 5. The Balaban J connectivity index is 0.00000140. The summed E-state index contributed by atoms with van der Waals surface area (Å²) >= 11 is 0. The molecule has 1 unspecified atom stereocenters. The minimum atomic E-state index is -0.216. The molecule has 5 nitrogen and oxygen atoms in total. The van der Waals surface area contributed by atoms with Crippen LogP contribution in [-0.4, -0.2) is 56.8 Å². The molecule has 4 rings (SSSR count). The van der Waals surface area contributed by atoms with Gasteiger partial charge in [-0.15, -0.1) is 24.8 Å². The number of esters is 1. The van der Waals surface area contributed by atoms with Gasteiger partial charge in [0.2, 0.25) is 0 Å². The molecule has 3 heterocycles. The van der Waals surface area contributed by atoms with Crippen molar-refractivity contribution < 1.29 is 14.3 Å². The number of nitrogens with one attached hydrogen (secondary N) is 1. The Kier molecular flexibility index (Phi) is 8.17. The highest BCUT2D eigenvalue weighted by Gasteiger charge is 2.49. The third kappa shape index (κ3) is 4.49. The second kappa shape index (κ2) is 9.77. The van der Waals surface area contributed by atoms with E-state index in [4.69, 9.17) is 9.47 Å². The van der Waals surface area contributed by atoms with Crippen LogP contribution >= 0.6 is 24.8 Å². The number of likely N-dealkylation sites (tertiary alicyclic amines) is 1. The summed E-state index contributed by atoms with van der Waals surface area (Å²) in [4.78, 5) is 14.9. The number of benzene rings is 1. The third-order valence-electron chi connectivity index (χ3n) is 6.70. The van der Waals surface area contributed by atoms with Crippen LogP contribution in [0, 0.1) is 5.41 Å². The Morgan fingerprint density at radius 2 is 1.75 bits per heavy atom. The predicted molar refractivity (Wildman–Crippen MR) is 114 cm³/mol. The molecular weight excluding hydrogens is 399 g/mol. The first kappa shape index (κ1) is 23.4. The highest BCUT2D eigenvalue weighted by molar-refractivity contribution is 5.85. The van der Waals surface area contributed by atoms with Crippen LogP contribution < -0.4 is 5.32 Å². The molecule has 158 valence electrons. The molecule has 0 radical (unpaired) electrons. The molecule has 0 bridgehead atoms. The van der Waals surface area contributed by atoms with Gasteiger partial charge in [-0.1, -0.05) is 30.3 Å². The van der Waals surface area contributed by atoms with Crippen molar-refractivity contribution >= 4 is 30.8 Å². The molecule has 1 spiro atoms. The van der Waals surface area contributed by atoms with Crippen molar-refractivity contribution in [1.82, 2.24) is 10.2 Å². The van der Waals surface area contributed by atoms with E-state index >= 15 is 0 Å². The third-order valence-corrected chi connectivity index (χ3v) is 6.70. The number of halogens is 2. The lowest BCUT2D eigenvalue weighted by Crippen LogP contribution is -2.46. The average molecular weight is 431 g/mol. The van der Waals surface area contributed by atoms with Crippen molar-refractivity contribution in [3.8, 4) is 0 Å².